The Balaban J connectivity index is 1.35. The highest BCUT2D eigenvalue weighted by Gasteiger charge is 2.20. The summed E-state index contributed by atoms with van der Waals surface area (Å²) in [7, 11) is 0. The SMILES string of the molecule is c1csc(-c2nnc(CN3CCN(c4nccs4)CC3)o2)c1. The second-order valence-corrected chi connectivity index (χ2v) is 6.88. The molecule has 4 rings (SSSR count). The van der Waals surface area contributed by atoms with Crippen molar-refractivity contribution >= 4 is 27.8 Å². The molecule has 22 heavy (non-hydrogen) atoms. The van der Waals surface area contributed by atoms with Gasteiger partial charge in [-0.1, -0.05) is 6.07 Å². The van der Waals surface area contributed by atoms with Crippen LogP contribution in [0.15, 0.2) is 33.5 Å². The van der Waals surface area contributed by atoms with Gasteiger partial charge in [0.05, 0.1) is 11.4 Å². The number of hydrogen-bond donors (Lipinski definition) is 0. The van der Waals surface area contributed by atoms with Gasteiger partial charge in [0.25, 0.3) is 5.89 Å². The zero-order valence-electron chi connectivity index (χ0n) is 11.9. The molecule has 0 aliphatic carbocycles. The number of aromatic nitrogens is 3. The number of rotatable bonds is 4. The van der Waals surface area contributed by atoms with Crippen LogP contribution in [0.5, 0.6) is 0 Å². The number of nitrogens with zero attached hydrogens (tertiary/aromatic N) is 5. The Kier molecular flexibility index (Phi) is 3.88. The summed E-state index contributed by atoms with van der Waals surface area (Å²) in [4.78, 5) is 10.1. The third-order valence-corrected chi connectivity index (χ3v) is 5.31. The zero-order chi connectivity index (χ0) is 14.8. The molecule has 8 heteroatoms. The summed E-state index contributed by atoms with van der Waals surface area (Å²) in [5.41, 5.74) is 0. The second-order valence-electron chi connectivity index (χ2n) is 5.06. The maximum atomic E-state index is 5.75. The summed E-state index contributed by atoms with van der Waals surface area (Å²) in [6, 6.07) is 3.98. The summed E-state index contributed by atoms with van der Waals surface area (Å²) in [6.07, 6.45) is 1.86. The summed E-state index contributed by atoms with van der Waals surface area (Å²) in [5.74, 6) is 1.30. The maximum absolute atomic E-state index is 5.75. The average molecular weight is 333 g/mol. The maximum Gasteiger partial charge on any atom is 0.257 e. The van der Waals surface area contributed by atoms with Crippen LogP contribution in [0.2, 0.25) is 0 Å². The Hall–Kier alpha value is -1.77. The monoisotopic (exact) mass is 333 g/mol. The Bertz CT molecular complexity index is 702. The van der Waals surface area contributed by atoms with Crippen LogP contribution in [-0.4, -0.2) is 46.3 Å². The first-order valence-electron chi connectivity index (χ1n) is 7.11. The predicted molar refractivity (Wildman–Crippen MR) is 87.2 cm³/mol. The lowest BCUT2D eigenvalue weighted by molar-refractivity contribution is 0.227. The van der Waals surface area contributed by atoms with E-state index >= 15 is 0 Å². The minimum absolute atomic E-state index is 0.617. The van der Waals surface area contributed by atoms with Crippen LogP contribution in [0.1, 0.15) is 5.89 Å². The molecular formula is C14H15N5OS2. The normalized spacial score (nSPS) is 16.3. The van der Waals surface area contributed by atoms with E-state index in [2.05, 4.69) is 25.0 Å². The van der Waals surface area contributed by atoms with E-state index in [9.17, 15) is 0 Å². The van der Waals surface area contributed by atoms with Crippen molar-refractivity contribution in [1.82, 2.24) is 20.1 Å². The molecular weight excluding hydrogens is 318 g/mol. The highest BCUT2D eigenvalue weighted by Crippen LogP contribution is 2.24. The molecule has 114 valence electrons. The summed E-state index contributed by atoms with van der Waals surface area (Å²) in [5, 5.41) is 13.4. The van der Waals surface area contributed by atoms with Crippen LogP contribution in [-0.2, 0) is 6.54 Å². The van der Waals surface area contributed by atoms with Gasteiger partial charge in [0.2, 0.25) is 5.89 Å². The quantitative estimate of drug-likeness (QED) is 0.731. The zero-order valence-corrected chi connectivity index (χ0v) is 13.5. The van der Waals surface area contributed by atoms with Crippen LogP contribution in [0, 0.1) is 0 Å². The fourth-order valence-corrected chi connectivity index (χ4v) is 3.82. The molecule has 1 saturated heterocycles. The fraction of sp³-hybridized carbons (Fsp3) is 0.357. The van der Waals surface area contributed by atoms with Gasteiger partial charge in [-0.3, -0.25) is 4.90 Å². The molecule has 0 N–H and O–H groups in total. The highest BCUT2D eigenvalue weighted by atomic mass is 32.1. The Morgan fingerprint density at radius 1 is 1.09 bits per heavy atom. The van der Waals surface area contributed by atoms with Gasteiger partial charge in [-0.25, -0.2) is 4.98 Å². The number of hydrogen-bond acceptors (Lipinski definition) is 8. The Morgan fingerprint density at radius 2 is 2.00 bits per heavy atom. The van der Waals surface area contributed by atoms with Crippen molar-refractivity contribution in [2.45, 2.75) is 6.54 Å². The van der Waals surface area contributed by atoms with Gasteiger partial charge in [0, 0.05) is 37.8 Å². The van der Waals surface area contributed by atoms with Crippen molar-refractivity contribution in [2.24, 2.45) is 0 Å². The van der Waals surface area contributed by atoms with E-state index in [-0.39, 0.29) is 0 Å². The molecule has 3 aromatic rings. The number of thiazole rings is 1. The second kappa shape index (κ2) is 6.15. The summed E-state index contributed by atoms with van der Waals surface area (Å²) >= 11 is 3.30. The molecule has 0 unspecified atom stereocenters. The molecule has 1 fully saturated rings. The molecule has 0 amide bonds. The van der Waals surface area contributed by atoms with Crippen LogP contribution < -0.4 is 4.90 Å². The first kappa shape index (κ1) is 13.9. The van der Waals surface area contributed by atoms with Gasteiger partial charge < -0.3 is 9.32 Å². The van der Waals surface area contributed by atoms with Gasteiger partial charge in [0.15, 0.2) is 5.13 Å². The smallest absolute Gasteiger partial charge is 0.257 e. The molecule has 0 spiro atoms. The van der Waals surface area contributed by atoms with Crippen molar-refractivity contribution in [2.75, 3.05) is 31.1 Å². The lowest BCUT2D eigenvalue weighted by Gasteiger charge is -2.33. The summed E-state index contributed by atoms with van der Waals surface area (Å²) < 4.78 is 5.75. The van der Waals surface area contributed by atoms with Gasteiger partial charge in [-0.05, 0) is 11.4 Å². The van der Waals surface area contributed by atoms with Gasteiger partial charge in [-0.2, -0.15) is 0 Å². The van der Waals surface area contributed by atoms with Crippen LogP contribution in [0.25, 0.3) is 10.8 Å². The largest absolute Gasteiger partial charge is 0.419 e. The van der Waals surface area contributed by atoms with Crippen molar-refractivity contribution in [1.29, 1.82) is 0 Å². The molecule has 4 heterocycles. The molecule has 3 aromatic heterocycles. The van der Waals surface area contributed by atoms with E-state index in [0.29, 0.717) is 18.3 Å². The van der Waals surface area contributed by atoms with Crippen LogP contribution in [0.4, 0.5) is 5.13 Å². The molecule has 6 nitrogen and oxygen atoms in total. The van der Waals surface area contributed by atoms with Gasteiger partial charge in [-0.15, -0.1) is 32.9 Å². The van der Waals surface area contributed by atoms with E-state index in [4.69, 9.17) is 4.42 Å². The van der Waals surface area contributed by atoms with E-state index in [1.807, 2.05) is 29.1 Å². The van der Waals surface area contributed by atoms with E-state index in [0.717, 1.165) is 36.2 Å². The third-order valence-electron chi connectivity index (χ3n) is 3.62. The van der Waals surface area contributed by atoms with Crippen molar-refractivity contribution in [3.8, 4) is 10.8 Å². The topological polar surface area (TPSA) is 58.3 Å². The molecule has 1 aliphatic rings. The molecule has 0 saturated carbocycles. The summed E-state index contributed by atoms with van der Waals surface area (Å²) in [6.45, 7) is 4.65. The van der Waals surface area contributed by atoms with Crippen LogP contribution in [0.3, 0.4) is 0 Å². The van der Waals surface area contributed by atoms with Crippen molar-refractivity contribution < 1.29 is 4.42 Å². The minimum Gasteiger partial charge on any atom is -0.419 e. The molecule has 0 bridgehead atoms. The third kappa shape index (κ3) is 2.90. The molecule has 0 aromatic carbocycles. The Morgan fingerprint density at radius 3 is 2.73 bits per heavy atom. The van der Waals surface area contributed by atoms with E-state index in [1.165, 1.54) is 0 Å². The number of anilines is 1. The standard InChI is InChI=1S/C14H15N5OS2/c1-2-11(21-8-1)13-17-16-12(20-13)10-18-4-6-19(7-5-18)14-15-3-9-22-14/h1-3,8-9H,4-7,10H2. The van der Waals surface area contributed by atoms with Crippen LogP contribution >= 0.6 is 22.7 Å². The first-order valence-corrected chi connectivity index (χ1v) is 8.87. The van der Waals surface area contributed by atoms with Gasteiger partial charge in [0.1, 0.15) is 0 Å². The Labute approximate surface area is 136 Å². The fourth-order valence-electron chi connectivity index (χ4n) is 2.48. The number of piperazine rings is 1. The number of thiophene rings is 1. The lowest BCUT2D eigenvalue weighted by atomic mass is 10.3. The van der Waals surface area contributed by atoms with Crippen molar-refractivity contribution in [3.63, 3.8) is 0 Å². The van der Waals surface area contributed by atoms with Crippen molar-refractivity contribution in [3.05, 3.63) is 35.0 Å². The molecule has 0 radical (unpaired) electrons. The molecule has 0 atom stereocenters. The van der Waals surface area contributed by atoms with E-state index < -0.39 is 0 Å². The predicted octanol–water partition coefficient (Wildman–Crippen LogP) is 2.58. The van der Waals surface area contributed by atoms with E-state index in [1.54, 1.807) is 22.7 Å². The lowest BCUT2D eigenvalue weighted by Crippen LogP contribution is -2.46. The average Bonchev–Trinajstić information content (AvgIpc) is 3.30. The van der Waals surface area contributed by atoms with Gasteiger partial charge >= 0.3 is 0 Å². The molecule has 1 aliphatic heterocycles. The minimum atomic E-state index is 0.617. The first-order chi connectivity index (χ1) is 10.9. The highest BCUT2D eigenvalue weighted by molar-refractivity contribution is 7.13.